The minimum absolute atomic E-state index is 0.0665. The van der Waals surface area contributed by atoms with E-state index in [1.807, 2.05) is 41.3 Å². The highest BCUT2D eigenvalue weighted by molar-refractivity contribution is 14.1. The molecule has 8 heteroatoms. The molecule has 2 heterocycles. The van der Waals surface area contributed by atoms with Crippen molar-refractivity contribution >= 4 is 40.1 Å². The third-order valence-corrected chi connectivity index (χ3v) is 8.35. The Balaban J connectivity index is 1.12. The third-order valence-electron chi connectivity index (χ3n) is 7.29. The van der Waals surface area contributed by atoms with E-state index in [-0.39, 0.29) is 30.1 Å². The molecule has 0 radical (unpaired) electrons. The first-order valence-electron chi connectivity index (χ1n) is 12.3. The molecule has 0 spiro atoms. The second-order valence-electron chi connectivity index (χ2n) is 9.43. The minimum atomic E-state index is -0.123. The maximum Gasteiger partial charge on any atom is 0.253 e. The molecule has 7 nitrogen and oxygen atoms in total. The molecule has 180 valence electrons. The monoisotopic (exact) mass is 573 g/mol. The van der Waals surface area contributed by atoms with Crippen LogP contribution in [0.1, 0.15) is 41.6 Å². The maximum absolute atomic E-state index is 13.1. The fourth-order valence-electron chi connectivity index (χ4n) is 5.26. The Bertz CT molecular complexity index is 1020. The molecule has 2 aromatic carbocycles. The number of hydrogen-bond acceptors (Lipinski definition) is 5. The van der Waals surface area contributed by atoms with Crippen LogP contribution in [-0.2, 0) is 11.3 Å². The van der Waals surface area contributed by atoms with E-state index >= 15 is 0 Å². The molecular formula is C26H32IN5O2. The van der Waals surface area contributed by atoms with Crippen molar-refractivity contribution in [2.24, 2.45) is 5.92 Å². The summed E-state index contributed by atoms with van der Waals surface area (Å²) in [5.74, 6) is 0.362. The summed E-state index contributed by atoms with van der Waals surface area (Å²) in [4.78, 5) is 29.8. The Morgan fingerprint density at radius 2 is 1.74 bits per heavy atom. The van der Waals surface area contributed by atoms with Crippen LogP contribution in [0.4, 0.5) is 5.69 Å². The van der Waals surface area contributed by atoms with Gasteiger partial charge < -0.3 is 15.5 Å². The third kappa shape index (κ3) is 5.23. The maximum atomic E-state index is 13.1. The first-order valence-corrected chi connectivity index (χ1v) is 13.3. The van der Waals surface area contributed by atoms with E-state index in [9.17, 15) is 9.59 Å². The van der Waals surface area contributed by atoms with E-state index in [2.05, 4.69) is 55.6 Å². The smallest absolute Gasteiger partial charge is 0.253 e. The highest BCUT2D eigenvalue weighted by Gasteiger charge is 2.39. The van der Waals surface area contributed by atoms with Crippen LogP contribution in [0.2, 0.25) is 0 Å². The van der Waals surface area contributed by atoms with Gasteiger partial charge in [-0.15, -0.1) is 0 Å². The summed E-state index contributed by atoms with van der Waals surface area (Å²) >= 11 is 2.35. The molecule has 2 amide bonds. The molecule has 2 aliphatic heterocycles. The number of fused-ring (bicyclic) bond motifs is 1. The molecule has 2 saturated heterocycles. The molecule has 3 N–H and O–H groups in total. The normalized spacial score (nSPS) is 25.4. The number of hydrogen-bond donors (Lipinski definition) is 3. The number of benzene rings is 2. The summed E-state index contributed by atoms with van der Waals surface area (Å²) in [5, 5.41) is 10.2. The van der Waals surface area contributed by atoms with Crippen molar-refractivity contribution in [3.8, 4) is 0 Å². The SMILES string of the molecule is O=C1NC(N2CCN(C(=O)c3ccc(NCc4ccccc4I)cc3)CC2)NC2CCCCC12. The molecule has 3 unspecified atom stereocenters. The number of carbonyl (C=O) groups is 2. The fraction of sp³-hybridized carbons (Fsp3) is 0.462. The number of halogens is 1. The van der Waals surface area contributed by atoms with E-state index in [0.717, 1.165) is 44.6 Å². The quantitative estimate of drug-likeness (QED) is 0.480. The fourth-order valence-corrected chi connectivity index (χ4v) is 5.84. The lowest BCUT2D eigenvalue weighted by atomic mass is 9.82. The van der Waals surface area contributed by atoms with Gasteiger partial charge in [0.2, 0.25) is 5.91 Å². The van der Waals surface area contributed by atoms with Gasteiger partial charge in [0.1, 0.15) is 6.29 Å². The van der Waals surface area contributed by atoms with Crippen LogP contribution in [-0.4, -0.2) is 60.1 Å². The molecule has 2 aromatic rings. The molecule has 34 heavy (non-hydrogen) atoms. The average Bonchev–Trinajstić information content (AvgIpc) is 2.88. The summed E-state index contributed by atoms with van der Waals surface area (Å²) in [6.45, 7) is 3.56. The van der Waals surface area contributed by atoms with E-state index in [4.69, 9.17) is 0 Å². The molecule has 3 aliphatic rings. The first-order chi connectivity index (χ1) is 16.6. The van der Waals surface area contributed by atoms with E-state index in [1.165, 1.54) is 15.6 Å². The van der Waals surface area contributed by atoms with Gasteiger partial charge in [-0.1, -0.05) is 31.0 Å². The number of anilines is 1. The Kier molecular flexibility index (Phi) is 7.36. The van der Waals surface area contributed by atoms with E-state index in [1.54, 1.807) is 0 Å². The predicted octanol–water partition coefficient (Wildman–Crippen LogP) is 3.22. The van der Waals surface area contributed by atoms with Gasteiger partial charge >= 0.3 is 0 Å². The first kappa shape index (κ1) is 23.6. The lowest BCUT2D eigenvalue weighted by Crippen LogP contribution is -2.69. The zero-order chi connectivity index (χ0) is 23.5. The van der Waals surface area contributed by atoms with Gasteiger partial charge in [0.25, 0.3) is 5.91 Å². The van der Waals surface area contributed by atoms with E-state index < -0.39 is 0 Å². The molecule has 3 atom stereocenters. The van der Waals surface area contributed by atoms with Crippen molar-refractivity contribution in [3.05, 3.63) is 63.2 Å². The molecule has 1 saturated carbocycles. The van der Waals surface area contributed by atoms with Crippen molar-refractivity contribution in [2.45, 2.75) is 44.6 Å². The van der Waals surface area contributed by atoms with Crippen LogP contribution < -0.4 is 16.0 Å². The highest BCUT2D eigenvalue weighted by atomic mass is 127. The summed E-state index contributed by atoms with van der Waals surface area (Å²) in [6.07, 6.45) is 4.27. The topological polar surface area (TPSA) is 76.7 Å². The Hall–Kier alpha value is -2.17. The van der Waals surface area contributed by atoms with Gasteiger partial charge in [-0.25, -0.2) is 0 Å². The number of rotatable bonds is 5. The molecule has 5 rings (SSSR count). The van der Waals surface area contributed by atoms with Crippen LogP contribution >= 0.6 is 22.6 Å². The predicted molar refractivity (Wildman–Crippen MR) is 141 cm³/mol. The number of amides is 2. The molecular weight excluding hydrogens is 541 g/mol. The number of carbonyl (C=O) groups excluding carboxylic acids is 2. The van der Waals surface area contributed by atoms with Crippen LogP contribution in [0.3, 0.4) is 0 Å². The van der Waals surface area contributed by atoms with Crippen LogP contribution in [0, 0.1) is 9.49 Å². The summed E-state index contributed by atoms with van der Waals surface area (Å²) in [6, 6.07) is 16.3. The summed E-state index contributed by atoms with van der Waals surface area (Å²) in [7, 11) is 0. The van der Waals surface area contributed by atoms with Crippen molar-refractivity contribution in [2.75, 3.05) is 31.5 Å². The van der Waals surface area contributed by atoms with Crippen molar-refractivity contribution in [1.82, 2.24) is 20.4 Å². The van der Waals surface area contributed by atoms with Crippen molar-refractivity contribution < 1.29 is 9.59 Å². The molecule has 3 fully saturated rings. The van der Waals surface area contributed by atoms with Crippen molar-refractivity contribution in [3.63, 3.8) is 0 Å². The molecule has 1 aliphatic carbocycles. The van der Waals surface area contributed by atoms with Gasteiger partial charge in [0, 0.05) is 53.6 Å². The lowest BCUT2D eigenvalue weighted by molar-refractivity contribution is -0.134. The van der Waals surface area contributed by atoms with Crippen LogP contribution in [0.15, 0.2) is 48.5 Å². The van der Waals surface area contributed by atoms with Gasteiger partial charge in [-0.2, -0.15) is 0 Å². The highest BCUT2D eigenvalue weighted by Crippen LogP contribution is 2.28. The van der Waals surface area contributed by atoms with Crippen LogP contribution in [0.5, 0.6) is 0 Å². The summed E-state index contributed by atoms with van der Waals surface area (Å²) in [5.41, 5.74) is 2.97. The Morgan fingerprint density at radius 3 is 2.50 bits per heavy atom. The van der Waals surface area contributed by atoms with Gasteiger partial charge in [-0.3, -0.25) is 19.8 Å². The zero-order valence-electron chi connectivity index (χ0n) is 19.3. The summed E-state index contributed by atoms with van der Waals surface area (Å²) < 4.78 is 1.24. The molecule has 0 bridgehead atoms. The minimum Gasteiger partial charge on any atom is -0.381 e. The largest absolute Gasteiger partial charge is 0.381 e. The Morgan fingerprint density at radius 1 is 1.00 bits per heavy atom. The van der Waals surface area contributed by atoms with Gasteiger partial charge in [0.05, 0.1) is 5.92 Å². The van der Waals surface area contributed by atoms with Gasteiger partial charge in [-0.05, 0) is 71.3 Å². The number of nitrogens with one attached hydrogen (secondary N) is 3. The Labute approximate surface area is 214 Å². The van der Waals surface area contributed by atoms with Gasteiger partial charge in [0.15, 0.2) is 0 Å². The van der Waals surface area contributed by atoms with E-state index in [0.29, 0.717) is 18.7 Å². The standard InChI is InChI=1S/C26H32IN5O2/c27-22-7-3-1-5-19(22)17-28-20-11-9-18(10-12-20)25(34)31-13-15-32(16-14-31)26-29-23-8-4-2-6-21(23)24(33)30-26/h1,3,5,7,9-12,21,23,26,28-29H,2,4,6,8,13-17H2,(H,30,33). The lowest BCUT2D eigenvalue weighted by Gasteiger charge is -2.46. The van der Waals surface area contributed by atoms with Crippen molar-refractivity contribution in [1.29, 1.82) is 0 Å². The number of piperazine rings is 1. The average molecular weight is 573 g/mol. The number of nitrogens with zero attached hydrogens (tertiary/aromatic N) is 2. The second-order valence-corrected chi connectivity index (χ2v) is 10.6. The molecule has 0 aromatic heterocycles. The van der Waals surface area contributed by atoms with Crippen LogP contribution in [0.25, 0.3) is 0 Å². The zero-order valence-corrected chi connectivity index (χ0v) is 21.5. The second kappa shape index (κ2) is 10.6.